The third-order valence-electron chi connectivity index (χ3n) is 2.87. The molecule has 0 amide bonds. The average molecular weight is 277 g/mol. The van der Waals surface area contributed by atoms with Gasteiger partial charge in [0, 0.05) is 26.4 Å². The van der Waals surface area contributed by atoms with Gasteiger partial charge in [0.25, 0.3) is 0 Å². The molecule has 1 saturated heterocycles. The molecule has 0 saturated carbocycles. The Labute approximate surface area is 112 Å². The zero-order valence-electron chi connectivity index (χ0n) is 12.0. The summed E-state index contributed by atoms with van der Waals surface area (Å²) in [5.74, 6) is 0. The molecule has 1 N–H and O–H groups in total. The fraction of sp³-hybridized carbons (Fsp3) is 1.00. The van der Waals surface area contributed by atoms with Gasteiger partial charge in [-0.05, 0) is 27.2 Å². The fourth-order valence-corrected chi connectivity index (χ4v) is 4.94. The molecule has 0 bridgehead atoms. The summed E-state index contributed by atoms with van der Waals surface area (Å²) >= 11 is 0. The van der Waals surface area contributed by atoms with Gasteiger partial charge in [-0.15, -0.1) is 0 Å². The normalized spacial score (nSPS) is 21.0. The van der Waals surface area contributed by atoms with Gasteiger partial charge in [-0.3, -0.25) is 0 Å². The summed E-state index contributed by atoms with van der Waals surface area (Å²) in [4.78, 5) is 0. The Morgan fingerprint density at radius 1 is 1.11 bits per heavy atom. The summed E-state index contributed by atoms with van der Waals surface area (Å²) in [6, 6.07) is 0. The molecular formula is C12H27NO4Si. The lowest BCUT2D eigenvalue weighted by atomic mass is 10.4. The van der Waals surface area contributed by atoms with Gasteiger partial charge in [-0.2, -0.15) is 0 Å². The van der Waals surface area contributed by atoms with E-state index in [4.69, 9.17) is 18.0 Å². The minimum atomic E-state index is -2.63. The molecule has 5 nitrogen and oxygen atoms in total. The fourth-order valence-electron chi connectivity index (χ4n) is 2.01. The first-order valence-electron chi connectivity index (χ1n) is 6.99. The van der Waals surface area contributed by atoms with Crippen LogP contribution in [0, 0.1) is 0 Å². The molecule has 1 rings (SSSR count). The predicted octanol–water partition coefficient (Wildman–Crippen LogP) is 1.34. The molecule has 6 heteroatoms. The van der Waals surface area contributed by atoms with Crippen molar-refractivity contribution in [1.82, 2.24) is 5.32 Å². The number of rotatable bonds is 11. The molecule has 0 spiro atoms. The van der Waals surface area contributed by atoms with E-state index >= 15 is 0 Å². The highest BCUT2D eigenvalue weighted by molar-refractivity contribution is 6.62. The van der Waals surface area contributed by atoms with Crippen LogP contribution in [-0.4, -0.2) is 53.5 Å². The average Bonchev–Trinajstić information content (AvgIpc) is 3.15. The van der Waals surface area contributed by atoms with E-state index in [1.165, 1.54) is 0 Å². The Morgan fingerprint density at radius 3 is 1.94 bits per heavy atom. The summed E-state index contributed by atoms with van der Waals surface area (Å²) in [5, 5.41) is 3.49. The van der Waals surface area contributed by atoms with Crippen molar-refractivity contribution in [2.75, 3.05) is 33.0 Å². The van der Waals surface area contributed by atoms with Gasteiger partial charge >= 0.3 is 8.80 Å². The zero-order chi connectivity index (χ0) is 13.4. The standard InChI is InChI=1S/C12H27NO4Si/c1-5-12(13-9-11-10-14-11)18(15-6-2,16-7-3)17-8-4/h11-13H,5-10H2,1-4H3. The smallest absolute Gasteiger partial charge is 0.373 e. The molecular weight excluding hydrogens is 250 g/mol. The van der Waals surface area contributed by atoms with E-state index in [-0.39, 0.29) is 5.67 Å². The Hall–Kier alpha value is 0.0169. The maximum Gasteiger partial charge on any atom is 0.518 e. The van der Waals surface area contributed by atoms with Crippen molar-refractivity contribution in [1.29, 1.82) is 0 Å². The summed E-state index contributed by atoms with van der Waals surface area (Å²) in [6.45, 7) is 11.6. The predicted molar refractivity (Wildman–Crippen MR) is 72.5 cm³/mol. The second-order valence-corrected chi connectivity index (χ2v) is 7.00. The van der Waals surface area contributed by atoms with Crippen molar-refractivity contribution >= 4 is 8.80 Å². The molecule has 108 valence electrons. The molecule has 2 unspecified atom stereocenters. The Bertz CT molecular complexity index is 209. The molecule has 0 aromatic heterocycles. The largest absolute Gasteiger partial charge is 0.518 e. The minimum absolute atomic E-state index is 0.140. The molecule has 1 aliphatic heterocycles. The molecule has 1 heterocycles. The van der Waals surface area contributed by atoms with E-state index in [0.717, 1.165) is 19.6 Å². The third-order valence-corrected chi connectivity index (χ3v) is 6.40. The van der Waals surface area contributed by atoms with Gasteiger partial charge in [-0.1, -0.05) is 6.92 Å². The lowest BCUT2D eigenvalue weighted by Crippen LogP contribution is -2.62. The molecule has 0 aromatic carbocycles. The molecule has 1 fully saturated rings. The van der Waals surface area contributed by atoms with Gasteiger partial charge in [-0.25, -0.2) is 0 Å². The highest BCUT2D eigenvalue weighted by atomic mass is 28.4. The van der Waals surface area contributed by atoms with E-state index in [1.807, 2.05) is 20.8 Å². The molecule has 0 aromatic rings. The molecule has 0 radical (unpaired) electrons. The summed E-state index contributed by atoms with van der Waals surface area (Å²) in [6.07, 6.45) is 1.29. The highest BCUT2D eigenvalue weighted by Crippen LogP contribution is 2.19. The Kier molecular flexibility index (Phi) is 7.36. The van der Waals surface area contributed by atoms with Crippen LogP contribution in [0.2, 0.25) is 0 Å². The molecule has 2 atom stereocenters. The van der Waals surface area contributed by atoms with E-state index in [1.54, 1.807) is 0 Å². The lowest BCUT2D eigenvalue weighted by Gasteiger charge is -2.35. The first kappa shape index (κ1) is 16.1. The van der Waals surface area contributed by atoms with Crippen molar-refractivity contribution in [3.8, 4) is 0 Å². The van der Waals surface area contributed by atoms with Crippen molar-refractivity contribution in [3.05, 3.63) is 0 Å². The third kappa shape index (κ3) is 4.60. The minimum Gasteiger partial charge on any atom is -0.373 e. The molecule has 0 aliphatic carbocycles. The second kappa shape index (κ2) is 8.24. The number of nitrogens with one attached hydrogen (secondary N) is 1. The van der Waals surface area contributed by atoms with Crippen molar-refractivity contribution in [3.63, 3.8) is 0 Å². The van der Waals surface area contributed by atoms with Crippen molar-refractivity contribution < 1.29 is 18.0 Å². The van der Waals surface area contributed by atoms with E-state index < -0.39 is 8.80 Å². The van der Waals surface area contributed by atoms with Gasteiger partial charge < -0.3 is 23.3 Å². The van der Waals surface area contributed by atoms with Crippen LogP contribution in [-0.2, 0) is 18.0 Å². The van der Waals surface area contributed by atoms with Gasteiger partial charge in [0.1, 0.15) is 0 Å². The van der Waals surface area contributed by atoms with E-state index in [0.29, 0.717) is 25.9 Å². The maximum absolute atomic E-state index is 5.91. The summed E-state index contributed by atoms with van der Waals surface area (Å²) in [5.41, 5.74) is 0.140. The highest BCUT2D eigenvalue weighted by Gasteiger charge is 2.48. The van der Waals surface area contributed by atoms with Crippen LogP contribution in [0.3, 0.4) is 0 Å². The second-order valence-electron chi connectivity index (χ2n) is 4.23. The molecule has 1 aliphatic rings. The van der Waals surface area contributed by atoms with Crippen LogP contribution in [0.1, 0.15) is 34.1 Å². The van der Waals surface area contributed by atoms with Crippen LogP contribution >= 0.6 is 0 Å². The van der Waals surface area contributed by atoms with E-state index in [2.05, 4.69) is 12.2 Å². The Morgan fingerprint density at radius 2 is 1.61 bits per heavy atom. The van der Waals surface area contributed by atoms with Crippen LogP contribution in [0.5, 0.6) is 0 Å². The SMILES string of the molecule is CCO[Si](OCC)(OCC)C(CC)NCC1CO1. The van der Waals surface area contributed by atoms with Crippen LogP contribution in [0.4, 0.5) is 0 Å². The quantitative estimate of drug-likeness (QED) is 0.456. The van der Waals surface area contributed by atoms with Crippen molar-refractivity contribution in [2.45, 2.75) is 45.9 Å². The van der Waals surface area contributed by atoms with Gasteiger partial charge in [0.15, 0.2) is 0 Å². The topological polar surface area (TPSA) is 52.2 Å². The first-order chi connectivity index (χ1) is 8.72. The van der Waals surface area contributed by atoms with Crippen molar-refractivity contribution in [2.24, 2.45) is 0 Å². The number of ether oxygens (including phenoxy) is 1. The van der Waals surface area contributed by atoms with Crippen LogP contribution < -0.4 is 5.32 Å². The summed E-state index contributed by atoms with van der Waals surface area (Å²) in [7, 11) is -2.63. The van der Waals surface area contributed by atoms with Crippen LogP contribution in [0.15, 0.2) is 0 Å². The van der Waals surface area contributed by atoms with E-state index in [9.17, 15) is 0 Å². The van der Waals surface area contributed by atoms with Crippen LogP contribution in [0.25, 0.3) is 0 Å². The zero-order valence-corrected chi connectivity index (χ0v) is 13.0. The lowest BCUT2D eigenvalue weighted by molar-refractivity contribution is 0.0571. The van der Waals surface area contributed by atoms with Gasteiger partial charge in [0.2, 0.25) is 0 Å². The Balaban J connectivity index is 2.65. The first-order valence-corrected chi connectivity index (χ1v) is 8.79. The molecule has 18 heavy (non-hydrogen) atoms. The number of hydrogen-bond donors (Lipinski definition) is 1. The number of epoxide rings is 1. The maximum atomic E-state index is 5.91. The van der Waals surface area contributed by atoms with Gasteiger partial charge in [0.05, 0.1) is 18.4 Å². The summed E-state index contributed by atoms with van der Waals surface area (Å²) < 4.78 is 22.9. The monoisotopic (exact) mass is 277 g/mol. The number of hydrogen-bond acceptors (Lipinski definition) is 5.